The van der Waals surface area contributed by atoms with Crippen molar-refractivity contribution in [3.05, 3.63) is 131 Å². The van der Waals surface area contributed by atoms with Crippen molar-refractivity contribution in [3.63, 3.8) is 0 Å². The van der Waals surface area contributed by atoms with Gasteiger partial charge in [0.15, 0.2) is 4.80 Å². The number of benzene rings is 4. The predicted octanol–water partition coefficient (Wildman–Crippen LogP) is 7.34. The zero-order valence-corrected chi connectivity index (χ0v) is 19.6. The normalized spacial score (nSPS) is 11.4. The molecule has 0 bridgehead atoms. The van der Waals surface area contributed by atoms with Gasteiger partial charge in [0.25, 0.3) is 5.91 Å². The standard InChI is InChI=1S/C28H20ClN3OS/c29-22-18-16-21(17-19-22)26(33)31-27-25(20-10-4-1-5-11-20)32(24-14-8-3-9-15-24)28(34-27)30-23-12-6-2-7-13-23/h1-19H,(H,31,33). The van der Waals surface area contributed by atoms with E-state index in [4.69, 9.17) is 16.6 Å². The number of hydrogen-bond acceptors (Lipinski definition) is 3. The lowest BCUT2D eigenvalue weighted by Gasteiger charge is -2.12. The molecule has 4 aromatic carbocycles. The second kappa shape index (κ2) is 9.91. The molecule has 0 saturated carbocycles. The van der Waals surface area contributed by atoms with Crippen molar-refractivity contribution in [2.24, 2.45) is 4.99 Å². The molecule has 0 fully saturated rings. The van der Waals surface area contributed by atoms with Crippen LogP contribution in [0.25, 0.3) is 16.9 Å². The Bertz CT molecular complexity index is 1480. The predicted molar refractivity (Wildman–Crippen MR) is 140 cm³/mol. The molecule has 0 unspecified atom stereocenters. The molecular weight excluding hydrogens is 462 g/mol. The molecule has 1 aromatic heterocycles. The SMILES string of the molecule is O=C(Nc1sc(=Nc2ccccc2)n(-c2ccccc2)c1-c1ccccc1)c1ccc(Cl)cc1. The average Bonchev–Trinajstić information content (AvgIpc) is 3.23. The van der Waals surface area contributed by atoms with E-state index in [1.54, 1.807) is 24.3 Å². The van der Waals surface area contributed by atoms with E-state index in [0.29, 0.717) is 15.6 Å². The number of carbonyl (C=O) groups is 1. The summed E-state index contributed by atoms with van der Waals surface area (Å²) < 4.78 is 2.09. The average molecular weight is 482 g/mol. The lowest BCUT2D eigenvalue weighted by Crippen LogP contribution is -2.14. The Morgan fingerprint density at radius 2 is 1.35 bits per heavy atom. The Morgan fingerprint density at radius 3 is 2.00 bits per heavy atom. The summed E-state index contributed by atoms with van der Waals surface area (Å²) in [6.45, 7) is 0. The highest BCUT2D eigenvalue weighted by Crippen LogP contribution is 2.33. The third-order valence-electron chi connectivity index (χ3n) is 5.20. The van der Waals surface area contributed by atoms with E-state index in [2.05, 4.69) is 9.88 Å². The third kappa shape index (κ3) is 4.71. The lowest BCUT2D eigenvalue weighted by molar-refractivity contribution is 0.102. The first-order valence-electron chi connectivity index (χ1n) is 10.7. The molecule has 0 aliphatic heterocycles. The molecule has 34 heavy (non-hydrogen) atoms. The largest absolute Gasteiger partial charge is 0.312 e. The quantitative estimate of drug-likeness (QED) is 0.280. The van der Waals surface area contributed by atoms with Gasteiger partial charge >= 0.3 is 0 Å². The van der Waals surface area contributed by atoms with Gasteiger partial charge in [0.2, 0.25) is 0 Å². The van der Waals surface area contributed by atoms with Crippen molar-refractivity contribution < 1.29 is 4.79 Å². The van der Waals surface area contributed by atoms with E-state index in [-0.39, 0.29) is 5.91 Å². The minimum Gasteiger partial charge on any atom is -0.312 e. The Kier molecular flexibility index (Phi) is 6.38. The minimum absolute atomic E-state index is 0.207. The van der Waals surface area contributed by atoms with Crippen molar-refractivity contribution in [1.29, 1.82) is 0 Å². The summed E-state index contributed by atoms with van der Waals surface area (Å²) >= 11 is 7.44. The van der Waals surface area contributed by atoms with Crippen LogP contribution in [-0.4, -0.2) is 10.5 Å². The van der Waals surface area contributed by atoms with Crippen LogP contribution in [0.2, 0.25) is 5.02 Å². The summed E-state index contributed by atoms with van der Waals surface area (Å²) in [6, 6.07) is 36.7. The Balaban J connectivity index is 1.73. The second-order valence-corrected chi connectivity index (χ2v) is 8.92. The van der Waals surface area contributed by atoms with E-state index in [0.717, 1.165) is 27.4 Å². The highest BCUT2D eigenvalue weighted by Gasteiger charge is 2.19. The van der Waals surface area contributed by atoms with Crippen LogP contribution in [0.4, 0.5) is 10.7 Å². The van der Waals surface area contributed by atoms with Gasteiger partial charge in [-0.1, -0.05) is 89.7 Å². The van der Waals surface area contributed by atoms with Gasteiger partial charge in [-0.3, -0.25) is 9.36 Å². The molecular formula is C28H20ClN3OS. The van der Waals surface area contributed by atoms with Crippen LogP contribution in [0.1, 0.15) is 10.4 Å². The Hall–Kier alpha value is -3.93. The van der Waals surface area contributed by atoms with E-state index < -0.39 is 0 Å². The van der Waals surface area contributed by atoms with Gasteiger partial charge in [0.1, 0.15) is 5.00 Å². The molecule has 1 amide bonds. The maximum atomic E-state index is 13.1. The number of aromatic nitrogens is 1. The summed E-state index contributed by atoms with van der Waals surface area (Å²) in [5.41, 5.74) is 4.17. The summed E-state index contributed by atoms with van der Waals surface area (Å²) in [5, 5.41) is 4.42. The number of hydrogen-bond donors (Lipinski definition) is 1. The van der Waals surface area contributed by atoms with Crippen molar-refractivity contribution >= 4 is 39.5 Å². The number of anilines is 1. The van der Waals surface area contributed by atoms with Crippen LogP contribution in [-0.2, 0) is 0 Å². The van der Waals surface area contributed by atoms with Crippen LogP contribution in [0, 0.1) is 0 Å². The molecule has 0 saturated heterocycles. The molecule has 1 N–H and O–H groups in total. The van der Waals surface area contributed by atoms with Crippen LogP contribution in [0.5, 0.6) is 0 Å². The van der Waals surface area contributed by atoms with Crippen molar-refractivity contribution in [1.82, 2.24) is 4.57 Å². The number of para-hydroxylation sites is 2. The van der Waals surface area contributed by atoms with Crippen molar-refractivity contribution in [3.8, 4) is 16.9 Å². The molecule has 5 rings (SSSR count). The van der Waals surface area contributed by atoms with E-state index in [1.165, 1.54) is 11.3 Å². The van der Waals surface area contributed by atoms with E-state index in [1.807, 2.05) is 91.0 Å². The zero-order chi connectivity index (χ0) is 23.3. The number of rotatable bonds is 5. The summed E-state index contributed by atoms with van der Waals surface area (Å²) in [7, 11) is 0. The number of nitrogens with zero attached hydrogens (tertiary/aromatic N) is 2. The number of nitrogens with one attached hydrogen (secondary N) is 1. The van der Waals surface area contributed by atoms with Gasteiger partial charge in [-0.05, 0) is 48.5 Å². The minimum atomic E-state index is -0.207. The van der Waals surface area contributed by atoms with E-state index in [9.17, 15) is 4.79 Å². The monoisotopic (exact) mass is 481 g/mol. The molecule has 0 aliphatic rings. The van der Waals surface area contributed by atoms with Crippen LogP contribution >= 0.6 is 22.9 Å². The highest BCUT2D eigenvalue weighted by molar-refractivity contribution is 7.14. The molecule has 0 aliphatic carbocycles. The fraction of sp³-hybridized carbons (Fsp3) is 0. The molecule has 0 radical (unpaired) electrons. The lowest BCUT2D eigenvalue weighted by atomic mass is 10.1. The van der Waals surface area contributed by atoms with E-state index >= 15 is 0 Å². The number of thiazole rings is 1. The number of carbonyl (C=O) groups excluding carboxylic acids is 1. The first-order valence-corrected chi connectivity index (χ1v) is 11.9. The maximum Gasteiger partial charge on any atom is 0.256 e. The van der Waals surface area contributed by atoms with Crippen LogP contribution in [0.3, 0.4) is 0 Å². The summed E-state index contributed by atoms with van der Waals surface area (Å²) in [4.78, 5) is 18.8. The summed E-state index contributed by atoms with van der Waals surface area (Å²) in [6.07, 6.45) is 0. The Morgan fingerprint density at radius 1 is 0.765 bits per heavy atom. The van der Waals surface area contributed by atoms with Crippen molar-refractivity contribution in [2.75, 3.05) is 5.32 Å². The van der Waals surface area contributed by atoms with Gasteiger partial charge in [-0.15, -0.1) is 0 Å². The first kappa shape index (κ1) is 21.9. The topological polar surface area (TPSA) is 46.4 Å². The Labute approximate surface area is 206 Å². The van der Waals surface area contributed by atoms with Gasteiger partial charge < -0.3 is 5.32 Å². The molecule has 4 nitrogen and oxygen atoms in total. The molecule has 6 heteroatoms. The number of halogens is 1. The molecule has 0 atom stereocenters. The fourth-order valence-electron chi connectivity index (χ4n) is 3.60. The molecule has 0 spiro atoms. The highest BCUT2D eigenvalue weighted by atomic mass is 35.5. The van der Waals surface area contributed by atoms with Gasteiger partial charge in [0.05, 0.1) is 11.4 Å². The smallest absolute Gasteiger partial charge is 0.256 e. The third-order valence-corrected chi connectivity index (χ3v) is 6.41. The molecule has 1 heterocycles. The second-order valence-electron chi connectivity index (χ2n) is 7.51. The molecule has 166 valence electrons. The van der Waals surface area contributed by atoms with Gasteiger partial charge in [-0.25, -0.2) is 4.99 Å². The fourth-order valence-corrected chi connectivity index (χ4v) is 4.80. The summed E-state index contributed by atoms with van der Waals surface area (Å²) in [5.74, 6) is -0.207. The zero-order valence-electron chi connectivity index (χ0n) is 18.1. The number of amides is 1. The van der Waals surface area contributed by atoms with Crippen LogP contribution in [0.15, 0.2) is 120 Å². The first-order chi connectivity index (χ1) is 16.7. The maximum absolute atomic E-state index is 13.1. The van der Waals surface area contributed by atoms with Gasteiger partial charge in [0, 0.05) is 21.8 Å². The van der Waals surface area contributed by atoms with Crippen molar-refractivity contribution in [2.45, 2.75) is 0 Å². The molecule has 5 aromatic rings. The van der Waals surface area contributed by atoms with Gasteiger partial charge in [-0.2, -0.15) is 0 Å². The van der Waals surface area contributed by atoms with Crippen LogP contribution < -0.4 is 10.1 Å².